The highest BCUT2D eigenvalue weighted by Gasteiger charge is 2.24. The van der Waals surface area contributed by atoms with Crippen molar-refractivity contribution in [1.29, 1.82) is 0 Å². The largest absolute Gasteiger partial charge is 0.496 e. The van der Waals surface area contributed by atoms with Crippen molar-refractivity contribution in [3.05, 3.63) is 64.2 Å². The van der Waals surface area contributed by atoms with Gasteiger partial charge in [-0.3, -0.25) is 0 Å². The maximum Gasteiger partial charge on any atom is 0.123 e. The van der Waals surface area contributed by atoms with Crippen LogP contribution in [0.2, 0.25) is 5.02 Å². The van der Waals surface area contributed by atoms with E-state index in [-0.39, 0.29) is 6.04 Å². The second-order valence-corrected chi connectivity index (χ2v) is 6.00. The summed E-state index contributed by atoms with van der Waals surface area (Å²) < 4.78 is 5.46. The molecular formula is C18H20ClNO. The van der Waals surface area contributed by atoms with Crippen LogP contribution in [0.1, 0.15) is 42.1 Å². The van der Waals surface area contributed by atoms with Crippen LogP contribution in [0.4, 0.5) is 0 Å². The van der Waals surface area contributed by atoms with Gasteiger partial charge in [-0.2, -0.15) is 0 Å². The van der Waals surface area contributed by atoms with Crippen LogP contribution in [0.5, 0.6) is 5.75 Å². The number of para-hydroxylation sites is 1. The van der Waals surface area contributed by atoms with Gasteiger partial charge in [0, 0.05) is 22.7 Å². The average Bonchev–Trinajstić information content (AvgIpc) is 2.89. The number of hydrogen-bond acceptors (Lipinski definition) is 2. The van der Waals surface area contributed by atoms with E-state index in [9.17, 15) is 0 Å². The predicted octanol–water partition coefficient (Wildman–Crippen LogP) is 4.69. The van der Waals surface area contributed by atoms with Crippen LogP contribution in [0, 0.1) is 0 Å². The molecule has 0 bridgehead atoms. The molecule has 2 atom stereocenters. The number of halogens is 1. The van der Waals surface area contributed by atoms with Crippen molar-refractivity contribution in [2.75, 3.05) is 7.11 Å². The Morgan fingerprint density at radius 3 is 2.86 bits per heavy atom. The molecule has 0 spiro atoms. The molecule has 2 aromatic carbocycles. The third kappa shape index (κ3) is 2.92. The molecule has 21 heavy (non-hydrogen) atoms. The van der Waals surface area contributed by atoms with Crippen LogP contribution >= 0.6 is 11.6 Å². The molecule has 1 unspecified atom stereocenters. The lowest BCUT2D eigenvalue weighted by Gasteiger charge is -2.22. The fourth-order valence-electron chi connectivity index (χ4n) is 3.17. The highest BCUT2D eigenvalue weighted by atomic mass is 35.5. The highest BCUT2D eigenvalue weighted by Crippen LogP contribution is 2.35. The number of methoxy groups -OCH3 is 1. The van der Waals surface area contributed by atoms with Crippen molar-refractivity contribution in [2.24, 2.45) is 0 Å². The average molecular weight is 302 g/mol. The van der Waals surface area contributed by atoms with Gasteiger partial charge in [0.15, 0.2) is 0 Å². The van der Waals surface area contributed by atoms with E-state index in [0.29, 0.717) is 6.04 Å². The van der Waals surface area contributed by atoms with E-state index in [2.05, 4.69) is 36.5 Å². The number of aryl methyl sites for hydroxylation is 1. The van der Waals surface area contributed by atoms with E-state index in [4.69, 9.17) is 16.3 Å². The first-order valence-corrected chi connectivity index (χ1v) is 7.74. The monoisotopic (exact) mass is 301 g/mol. The maximum atomic E-state index is 6.08. The van der Waals surface area contributed by atoms with Crippen molar-refractivity contribution in [2.45, 2.75) is 31.8 Å². The van der Waals surface area contributed by atoms with Crippen LogP contribution < -0.4 is 10.1 Å². The quantitative estimate of drug-likeness (QED) is 0.885. The molecule has 0 saturated carbocycles. The normalized spacial score (nSPS) is 18.3. The summed E-state index contributed by atoms with van der Waals surface area (Å²) in [6.07, 6.45) is 2.21. The van der Waals surface area contributed by atoms with Crippen LogP contribution in [-0.4, -0.2) is 7.11 Å². The van der Waals surface area contributed by atoms with Crippen molar-refractivity contribution >= 4 is 11.6 Å². The molecule has 110 valence electrons. The molecule has 0 aromatic heterocycles. The number of nitrogens with one attached hydrogen (secondary N) is 1. The smallest absolute Gasteiger partial charge is 0.123 e. The van der Waals surface area contributed by atoms with Gasteiger partial charge in [0.1, 0.15) is 5.75 Å². The molecule has 3 heteroatoms. The molecule has 0 heterocycles. The Morgan fingerprint density at radius 2 is 2.05 bits per heavy atom. The van der Waals surface area contributed by atoms with Crippen LogP contribution in [0.25, 0.3) is 0 Å². The first-order valence-electron chi connectivity index (χ1n) is 7.36. The van der Waals surface area contributed by atoms with E-state index in [0.717, 1.165) is 23.6 Å². The summed E-state index contributed by atoms with van der Waals surface area (Å²) >= 11 is 6.08. The highest BCUT2D eigenvalue weighted by molar-refractivity contribution is 6.30. The Labute approximate surface area is 131 Å². The van der Waals surface area contributed by atoms with Crippen LogP contribution in [0.15, 0.2) is 42.5 Å². The zero-order valence-electron chi connectivity index (χ0n) is 12.4. The SMILES string of the molecule is COc1ccccc1[C@@H](C)NC1CCc2cc(Cl)ccc21. The minimum Gasteiger partial charge on any atom is -0.496 e. The number of rotatable bonds is 4. The molecule has 2 aromatic rings. The summed E-state index contributed by atoms with van der Waals surface area (Å²) in [5, 5.41) is 4.55. The molecule has 1 N–H and O–H groups in total. The Kier molecular flexibility index (Phi) is 4.18. The van der Waals surface area contributed by atoms with Gasteiger partial charge in [-0.25, -0.2) is 0 Å². The lowest BCUT2D eigenvalue weighted by atomic mass is 10.0. The molecule has 3 rings (SSSR count). The second kappa shape index (κ2) is 6.08. The third-order valence-corrected chi connectivity index (χ3v) is 4.47. The lowest BCUT2D eigenvalue weighted by Crippen LogP contribution is -2.23. The summed E-state index contributed by atoms with van der Waals surface area (Å²) in [5.41, 5.74) is 3.94. The van der Waals surface area contributed by atoms with Crippen molar-refractivity contribution < 1.29 is 4.74 Å². The van der Waals surface area contributed by atoms with Crippen molar-refractivity contribution in [3.63, 3.8) is 0 Å². The van der Waals surface area contributed by atoms with E-state index < -0.39 is 0 Å². The Bertz CT molecular complexity index is 641. The zero-order valence-corrected chi connectivity index (χ0v) is 13.2. The van der Waals surface area contributed by atoms with Gasteiger partial charge in [0.25, 0.3) is 0 Å². The van der Waals surface area contributed by atoms with Gasteiger partial charge >= 0.3 is 0 Å². The molecule has 0 saturated heterocycles. The van der Waals surface area contributed by atoms with Crippen molar-refractivity contribution in [1.82, 2.24) is 5.32 Å². The predicted molar refractivity (Wildman–Crippen MR) is 87.1 cm³/mol. The standard InChI is InChI=1S/C18H20ClNO/c1-12(15-5-3-4-6-18(15)21-2)20-17-10-7-13-11-14(19)8-9-16(13)17/h3-6,8-9,11-12,17,20H,7,10H2,1-2H3/t12-,17?/m1/s1. The lowest BCUT2D eigenvalue weighted by molar-refractivity contribution is 0.393. The third-order valence-electron chi connectivity index (χ3n) is 4.24. The van der Waals surface area contributed by atoms with Gasteiger partial charge in [-0.05, 0) is 49.1 Å². The molecule has 0 fully saturated rings. The van der Waals surface area contributed by atoms with Gasteiger partial charge in [0.2, 0.25) is 0 Å². The number of hydrogen-bond donors (Lipinski definition) is 1. The fraction of sp³-hybridized carbons (Fsp3) is 0.333. The Hall–Kier alpha value is -1.51. The molecule has 1 aliphatic rings. The van der Waals surface area contributed by atoms with E-state index in [1.807, 2.05) is 18.2 Å². The van der Waals surface area contributed by atoms with Gasteiger partial charge in [-0.15, -0.1) is 0 Å². The first-order chi connectivity index (χ1) is 10.2. The molecular weight excluding hydrogens is 282 g/mol. The molecule has 2 nitrogen and oxygen atoms in total. The number of fused-ring (bicyclic) bond motifs is 1. The second-order valence-electron chi connectivity index (χ2n) is 5.56. The van der Waals surface area contributed by atoms with Crippen molar-refractivity contribution in [3.8, 4) is 5.75 Å². The zero-order chi connectivity index (χ0) is 14.8. The molecule has 0 aliphatic heterocycles. The molecule has 0 radical (unpaired) electrons. The number of ether oxygens (including phenoxy) is 1. The Morgan fingerprint density at radius 1 is 1.24 bits per heavy atom. The summed E-state index contributed by atoms with van der Waals surface area (Å²) in [6.45, 7) is 2.19. The minimum absolute atomic E-state index is 0.243. The topological polar surface area (TPSA) is 21.3 Å². The summed E-state index contributed by atoms with van der Waals surface area (Å²) in [6, 6.07) is 15.0. The number of benzene rings is 2. The van der Waals surface area contributed by atoms with E-state index in [1.165, 1.54) is 16.7 Å². The first kappa shape index (κ1) is 14.4. The van der Waals surface area contributed by atoms with Gasteiger partial charge in [-0.1, -0.05) is 35.9 Å². The maximum absolute atomic E-state index is 6.08. The molecule has 1 aliphatic carbocycles. The van der Waals surface area contributed by atoms with Crippen LogP contribution in [0.3, 0.4) is 0 Å². The van der Waals surface area contributed by atoms with Gasteiger partial charge < -0.3 is 10.1 Å². The summed E-state index contributed by atoms with van der Waals surface area (Å²) in [7, 11) is 1.72. The van der Waals surface area contributed by atoms with E-state index in [1.54, 1.807) is 7.11 Å². The minimum atomic E-state index is 0.243. The van der Waals surface area contributed by atoms with Gasteiger partial charge in [0.05, 0.1) is 7.11 Å². The van der Waals surface area contributed by atoms with E-state index >= 15 is 0 Å². The Balaban J connectivity index is 1.79. The fourth-order valence-corrected chi connectivity index (χ4v) is 3.37. The molecule has 0 amide bonds. The van der Waals surface area contributed by atoms with Crippen LogP contribution in [-0.2, 0) is 6.42 Å². The summed E-state index contributed by atoms with van der Waals surface area (Å²) in [4.78, 5) is 0. The summed E-state index contributed by atoms with van der Waals surface area (Å²) in [5.74, 6) is 0.937.